The van der Waals surface area contributed by atoms with Crippen molar-refractivity contribution in [1.29, 1.82) is 0 Å². The fourth-order valence-corrected chi connectivity index (χ4v) is 2.01. The van der Waals surface area contributed by atoms with Gasteiger partial charge >= 0.3 is 0 Å². The summed E-state index contributed by atoms with van der Waals surface area (Å²) in [7, 11) is 0. The smallest absolute Gasteiger partial charge is 0.244 e. The average molecular weight is 198 g/mol. The number of rotatable bonds is 0. The Bertz CT molecular complexity index is 196. The van der Waals surface area contributed by atoms with Crippen LogP contribution in [0.4, 0.5) is 0 Å². The molecule has 2 aliphatic heterocycles. The van der Waals surface area contributed by atoms with Crippen molar-refractivity contribution >= 4 is 12.3 Å². The molecule has 2 heterocycles. The Morgan fingerprint density at radius 3 is 2.71 bits per heavy atom. The largest absolute Gasteiger partial charge is 0.554 e. The molecule has 4 nitrogen and oxygen atoms in total. The van der Waals surface area contributed by atoms with Gasteiger partial charge in [0.15, 0.2) is 0 Å². The highest BCUT2D eigenvalue weighted by atomic mass is 16.3. The highest BCUT2D eigenvalue weighted by Crippen LogP contribution is 2.08. The molecule has 0 saturated carbocycles. The third-order valence-corrected chi connectivity index (χ3v) is 2.66. The molecule has 1 N–H and O–H groups in total. The molecule has 0 amide bonds. The van der Waals surface area contributed by atoms with Gasteiger partial charge < -0.3 is 9.90 Å². The second kappa shape index (κ2) is 6.40. The van der Waals surface area contributed by atoms with E-state index >= 15 is 0 Å². The monoisotopic (exact) mass is 198 g/mol. The molecule has 0 aromatic rings. The number of carboxylic acid groups (broad SMARTS) is 1. The summed E-state index contributed by atoms with van der Waals surface area (Å²) in [6.45, 7) is 3.29. The Kier molecular flexibility index (Phi) is 5.04. The lowest BCUT2D eigenvalue weighted by molar-refractivity contribution is -0.534. The molecular weight excluding hydrogens is 180 g/mol. The van der Waals surface area contributed by atoms with Crippen molar-refractivity contribution in [2.75, 3.05) is 19.6 Å². The van der Waals surface area contributed by atoms with E-state index in [2.05, 4.69) is 9.89 Å². The third kappa shape index (κ3) is 3.36. The first-order chi connectivity index (χ1) is 6.88. The molecule has 0 unspecified atom stereocenters. The molecule has 0 radical (unpaired) electrons. The maximum Gasteiger partial charge on any atom is 0.244 e. The number of hydrogen-bond donors (Lipinski definition) is 1. The van der Waals surface area contributed by atoms with Crippen molar-refractivity contribution in [3.63, 3.8) is 0 Å². The van der Waals surface area contributed by atoms with E-state index in [1.54, 1.807) is 0 Å². The van der Waals surface area contributed by atoms with Crippen molar-refractivity contribution in [2.45, 2.75) is 32.1 Å². The topological polar surface area (TPSA) is 55.2 Å². The minimum atomic E-state index is -0.500. The number of amidine groups is 1. The van der Waals surface area contributed by atoms with Gasteiger partial charge in [-0.15, -0.1) is 0 Å². The Balaban J connectivity index is 0.000000293. The van der Waals surface area contributed by atoms with Crippen LogP contribution < -0.4 is 10.4 Å². The molecule has 0 aromatic carbocycles. The molecule has 0 saturated heterocycles. The van der Waals surface area contributed by atoms with Gasteiger partial charge in [-0.2, -0.15) is 0 Å². The van der Waals surface area contributed by atoms with Crippen LogP contribution in [0.1, 0.15) is 32.1 Å². The lowest BCUT2D eigenvalue weighted by atomic mass is 10.2. The molecule has 80 valence electrons. The maximum absolute atomic E-state index is 8.25. The molecule has 14 heavy (non-hydrogen) atoms. The highest BCUT2D eigenvalue weighted by molar-refractivity contribution is 5.77. The van der Waals surface area contributed by atoms with Crippen LogP contribution in [0.2, 0.25) is 0 Å². The molecule has 0 aromatic heterocycles. The first-order valence-corrected chi connectivity index (χ1v) is 5.28. The molecule has 2 rings (SSSR count). The molecule has 4 heteroatoms. The van der Waals surface area contributed by atoms with Gasteiger partial charge in [0.25, 0.3) is 0 Å². The van der Waals surface area contributed by atoms with E-state index in [0.717, 1.165) is 0 Å². The lowest BCUT2D eigenvalue weighted by Gasteiger charge is -2.14. The van der Waals surface area contributed by atoms with Crippen molar-refractivity contribution in [2.24, 2.45) is 0 Å². The molecule has 0 aliphatic carbocycles. The molecule has 0 fully saturated rings. The summed E-state index contributed by atoms with van der Waals surface area (Å²) < 4.78 is 2.54. The van der Waals surface area contributed by atoms with Crippen molar-refractivity contribution < 1.29 is 14.5 Å². The quantitative estimate of drug-likeness (QED) is 0.415. The fourth-order valence-electron chi connectivity index (χ4n) is 2.01. The second-order valence-corrected chi connectivity index (χ2v) is 3.62. The molecule has 0 spiro atoms. The maximum atomic E-state index is 8.25. The minimum Gasteiger partial charge on any atom is -0.554 e. The molecular formula is C10H18N2O2. The van der Waals surface area contributed by atoms with Gasteiger partial charge in [-0.25, -0.2) is 0 Å². The van der Waals surface area contributed by atoms with Crippen LogP contribution in [0.3, 0.4) is 0 Å². The van der Waals surface area contributed by atoms with Crippen LogP contribution in [-0.2, 0) is 4.79 Å². The van der Waals surface area contributed by atoms with Gasteiger partial charge in [-0.1, -0.05) is 0 Å². The normalized spacial score (nSPS) is 20.9. The van der Waals surface area contributed by atoms with Crippen LogP contribution in [0.25, 0.3) is 0 Å². The number of carbonyl (C=O) groups is 1. The Labute approximate surface area is 84.6 Å². The molecule has 0 bridgehead atoms. The van der Waals surface area contributed by atoms with E-state index in [1.807, 2.05) is 0 Å². The lowest BCUT2D eigenvalue weighted by Crippen LogP contribution is -2.40. The summed E-state index contributed by atoms with van der Waals surface area (Å²) >= 11 is 0. The molecule has 0 atom stereocenters. The number of nitrogens with zero attached hydrogens (tertiary/aromatic N) is 1. The zero-order chi connectivity index (χ0) is 10.2. The average Bonchev–Trinajstić information content (AvgIpc) is 2.43. The van der Waals surface area contributed by atoms with Gasteiger partial charge in [0.1, 0.15) is 0 Å². The SMILES string of the molecule is C1CCC2=[N+](CC1)CCCN2.O=C[O-]. The standard InChI is InChI=1S/C9H16N2.CH2O2/c1-2-5-9-10-6-4-8-11(9)7-3-1;2-1-3/h1-8H2;1H,(H,2,3). The highest BCUT2D eigenvalue weighted by Gasteiger charge is 2.19. The van der Waals surface area contributed by atoms with Gasteiger partial charge in [-0.05, 0) is 19.3 Å². The van der Waals surface area contributed by atoms with E-state index in [-0.39, 0.29) is 0 Å². The predicted molar refractivity (Wildman–Crippen MR) is 52.2 cm³/mol. The Hall–Kier alpha value is -1.06. The van der Waals surface area contributed by atoms with Crippen LogP contribution in [0.15, 0.2) is 0 Å². The summed E-state index contributed by atoms with van der Waals surface area (Å²) in [6.07, 6.45) is 6.81. The van der Waals surface area contributed by atoms with Gasteiger partial charge in [0.05, 0.1) is 19.6 Å². The summed E-state index contributed by atoms with van der Waals surface area (Å²) in [5.74, 6) is 1.52. The Morgan fingerprint density at radius 2 is 1.93 bits per heavy atom. The van der Waals surface area contributed by atoms with Crippen LogP contribution in [0, 0.1) is 0 Å². The number of carbonyl (C=O) groups excluding carboxylic acids is 1. The van der Waals surface area contributed by atoms with E-state index in [9.17, 15) is 0 Å². The minimum absolute atomic E-state index is 0.500. The van der Waals surface area contributed by atoms with E-state index in [1.165, 1.54) is 57.6 Å². The third-order valence-electron chi connectivity index (χ3n) is 2.66. The number of nitrogens with one attached hydrogen (secondary N) is 1. The second-order valence-electron chi connectivity index (χ2n) is 3.62. The summed E-state index contributed by atoms with van der Waals surface area (Å²) in [5.41, 5.74) is 0. The van der Waals surface area contributed by atoms with Crippen molar-refractivity contribution in [3.8, 4) is 0 Å². The predicted octanol–water partition coefficient (Wildman–Crippen LogP) is -0.669. The van der Waals surface area contributed by atoms with E-state index in [0.29, 0.717) is 0 Å². The zero-order valence-corrected chi connectivity index (χ0v) is 8.50. The zero-order valence-electron chi connectivity index (χ0n) is 8.50. The Morgan fingerprint density at radius 1 is 1.21 bits per heavy atom. The van der Waals surface area contributed by atoms with Crippen LogP contribution >= 0.6 is 0 Å². The van der Waals surface area contributed by atoms with E-state index < -0.39 is 6.47 Å². The van der Waals surface area contributed by atoms with E-state index in [4.69, 9.17) is 9.90 Å². The summed E-state index contributed by atoms with van der Waals surface area (Å²) in [5, 5.41) is 11.8. The number of hydrogen-bond acceptors (Lipinski definition) is 3. The summed E-state index contributed by atoms with van der Waals surface area (Å²) in [4.78, 5) is 8.25. The van der Waals surface area contributed by atoms with Gasteiger partial charge in [-0.3, -0.25) is 9.89 Å². The van der Waals surface area contributed by atoms with Crippen LogP contribution in [-0.4, -0.2) is 36.5 Å². The fraction of sp³-hybridized carbons (Fsp3) is 0.800. The summed E-state index contributed by atoms with van der Waals surface area (Å²) in [6, 6.07) is 0. The molecule has 2 aliphatic rings. The van der Waals surface area contributed by atoms with Crippen molar-refractivity contribution in [1.82, 2.24) is 5.32 Å². The van der Waals surface area contributed by atoms with Gasteiger partial charge in [0, 0.05) is 19.3 Å². The van der Waals surface area contributed by atoms with Gasteiger partial charge in [0.2, 0.25) is 5.84 Å². The first-order valence-electron chi connectivity index (χ1n) is 5.28. The van der Waals surface area contributed by atoms with Crippen LogP contribution in [0.5, 0.6) is 0 Å². The van der Waals surface area contributed by atoms with Crippen molar-refractivity contribution in [3.05, 3.63) is 0 Å². The first kappa shape index (κ1) is 11.0.